The van der Waals surface area contributed by atoms with E-state index in [4.69, 9.17) is 11.6 Å². The molecule has 1 aliphatic heterocycles. The second-order valence-corrected chi connectivity index (χ2v) is 7.89. The van der Waals surface area contributed by atoms with Crippen molar-refractivity contribution >= 4 is 46.3 Å². The van der Waals surface area contributed by atoms with E-state index >= 15 is 0 Å². The van der Waals surface area contributed by atoms with Crippen molar-refractivity contribution in [2.45, 2.75) is 13.0 Å². The van der Waals surface area contributed by atoms with Crippen LogP contribution in [0.15, 0.2) is 78.4 Å². The molecule has 2 N–H and O–H groups in total. The highest BCUT2D eigenvalue weighted by molar-refractivity contribution is 6.51. The molecule has 0 unspecified atom stereocenters. The first-order valence-corrected chi connectivity index (χ1v) is 10.3. The van der Waals surface area contributed by atoms with Gasteiger partial charge < -0.3 is 10.4 Å². The Morgan fingerprint density at radius 1 is 0.970 bits per heavy atom. The van der Waals surface area contributed by atoms with Crippen molar-refractivity contribution in [3.05, 3.63) is 100 Å². The highest BCUT2D eigenvalue weighted by Crippen LogP contribution is 2.42. The molecule has 33 heavy (non-hydrogen) atoms. The van der Waals surface area contributed by atoms with Crippen LogP contribution < -0.4 is 10.2 Å². The van der Waals surface area contributed by atoms with Crippen LogP contribution in [0.2, 0.25) is 5.02 Å². The number of carbonyl (C=O) groups excluding carboxylic acids is 3. The molecule has 166 valence electrons. The average Bonchev–Trinajstić information content (AvgIpc) is 3.05. The standard InChI is InChI=1S/C25H18ClFN2O4/c1-14(30)28-19-10-12-20(13-11-19)29-22(15-4-8-18(27)9-5-15)21(24(32)25(29)33)23(31)16-2-6-17(26)7-3-16/h2-13,22,31H,1H3,(H,28,30)/b23-21+/t22-/m1/s1. The Bertz CT molecular complexity index is 1270. The first-order valence-electron chi connectivity index (χ1n) is 9.96. The van der Waals surface area contributed by atoms with E-state index in [1.807, 2.05) is 0 Å². The highest BCUT2D eigenvalue weighted by Gasteiger charge is 2.46. The van der Waals surface area contributed by atoms with Crippen molar-refractivity contribution < 1.29 is 23.9 Å². The van der Waals surface area contributed by atoms with Crippen LogP contribution in [0.25, 0.3) is 5.76 Å². The van der Waals surface area contributed by atoms with Crippen LogP contribution in [0.3, 0.4) is 0 Å². The number of benzene rings is 3. The molecule has 0 bridgehead atoms. The van der Waals surface area contributed by atoms with Crippen LogP contribution in [-0.4, -0.2) is 22.7 Å². The zero-order valence-corrected chi connectivity index (χ0v) is 18.1. The number of aliphatic hydroxyl groups excluding tert-OH is 1. The Kier molecular flexibility index (Phi) is 5.98. The van der Waals surface area contributed by atoms with E-state index in [1.54, 1.807) is 36.4 Å². The van der Waals surface area contributed by atoms with Crippen molar-refractivity contribution in [3.63, 3.8) is 0 Å². The monoisotopic (exact) mass is 464 g/mol. The highest BCUT2D eigenvalue weighted by atomic mass is 35.5. The number of hydrogen-bond donors (Lipinski definition) is 2. The lowest BCUT2D eigenvalue weighted by Gasteiger charge is -2.25. The van der Waals surface area contributed by atoms with Gasteiger partial charge in [-0.2, -0.15) is 0 Å². The molecule has 1 saturated heterocycles. The Morgan fingerprint density at radius 2 is 1.58 bits per heavy atom. The van der Waals surface area contributed by atoms with Gasteiger partial charge >= 0.3 is 0 Å². The molecule has 6 nitrogen and oxygen atoms in total. The molecule has 2 amide bonds. The average molecular weight is 465 g/mol. The van der Waals surface area contributed by atoms with Gasteiger partial charge in [0.15, 0.2) is 0 Å². The lowest BCUT2D eigenvalue weighted by molar-refractivity contribution is -0.132. The smallest absolute Gasteiger partial charge is 0.300 e. The summed E-state index contributed by atoms with van der Waals surface area (Å²) in [6, 6.07) is 16.9. The van der Waals surface area contributed by atoms with Crippen LogP contribution in [0.4, 0.5) is 15.8 Å². The predicted octanol–water partition coefficient (Wildman–Crippen LogP) is 5.06. The number of ketones is 1. The fraction of sp³-hybridized carbons (Fsp3) is 0.0800. The minimum Gasteiger partial charge on any atom is -0.507 e. The van der Waals surface area contributed by atoms with Gasteiger partial charge in [0, 0.05) is 28.9 Å². The lowest BCUT2D eigenvalue weighted by atomic mass is 9.95. The number of nitrogens with zero attached hydrogens (tertiary/aromatic N) is 1. The Labute approximate surface area is 193 Å². The summed E-state index contributed by atoms with van der Waals surface area (Å²) in [7, 11) is 0. The summed E-state index contributed by atoms with van der Waals surface area (Å²) in [4.78, 5) is 38.7. The quantitative estimate of drug-likeness (QED) is 0.321. The van der Waals surface area contributed by atoms with Gasteiger partial charge in [-0.1, -0.05) is 23.7 Å². The van der Waals surface area contributed by atoms with Crippen molar-refractivity contribution in [1.82, 2.24) is 0 Å². The molecule has 1 fully saturated rings. The van der Waals surface area contributed by atoms with Gasteiger partial charge in [0.2, 0.25) is 5.91 Å². The molecule has 3 aromatic carbocycles. The zero-order chi connectivity index (χ0) is 23.7. The molecule has 0 aliphatic carbocycles. The Hall–Kier alpha value is -3.97. The van der Waals surface area contributed by atoms with Crippen LogP contribution in [0.5, 0.6) is 0 Å². The number of anilines is 2. The topological polar surface area (TPSA) is 86.7 Å². The number of hydrogen-bond acceptors (Lipinski definition) is 4. The van der Waals surface area contributed by atoms with Gasteiger partial charge in [0.25, 0.3) is 11.7 Å². The number of halogens is 2. The summed E-state index contributed by atoms with van der Waals surface area (Å²) in [6.07, 6.45) is 0. The van der Waals surface area contributed by atoms with Gasteiger partial charge in [-0.15, -0.1) is 0 Å². The SMILES string of the molecule is CC(=O)Nc1ccc(N2C(=O)C(=O)/C(=C(/O)c3ccc(Cl)cc3)[C@H]2c2ccc(F)cc2)cc1. The van der Waals surface area contributed by atoms with Gasteiger partial charge in [0.05, 0.1) is 11.6 Å². The summed E-state index contributed by atoms with van der Waals surface area (Å²) in [5.41, 5.74) is 1.51. The van der Waals surface area contributed by atoms with E-state index in [9.17, 15) is 23.9 Å². The van der Waals surface area contributed by atoms with Crippen LogP contribution in [0.1, 0.15) is 24.1 Å². The van der Waals surface area contributed by atoms with Gasteiger partial charge in [0.1, 0.15) is 11.6 Å². The number of rotatable bonds is 4. The molecular formula is C25H18ClFN2O4. The normalized spacial score (nSPS) is 17.3. The maximum absolute atomic E-state index is 13.6. The minimum atomic E-state index is -0.993. The van der Waals surface area contributed by atoms with E-state index in [0.29, 0.717) is 27.5 Å². The molecule has 3 aromatic rings. The summed E-state index contributed by atoms with van der Waals surface area (Å²) in [5, 5.41) is 14.1. The molecule has 4 rings (SSSR count). The van der Waals surface area contributed by atoms with Crippen LogP contribution >= 0.6 is 11.6 Å². The molecule has 8 heteroatoms. The van der Waals surface area contributed by atoms with Crippen LogP contribution in [0, 0.1) is 5.82 Å². The van der Waals surface area contributed by atoms with E-state index in [-0.39, 0.29) is 17.2 Å². The lowest BCUT2D eigenvalue weighted by Crippen LogP contribution is -2.29. The fourth-order valence-corrected chi connectivity index (χ4v) is 3.86. The van der Waals surface area contributed by atoms with Crippen LogP contribution in [-0.2, 0) is 14.4 Å². The van der Waals surface area contributed by atoms with E-state index in [2.05, 4.69) is 5.32 Å². The number of nitrogens with one attached hydrogen (secondary N) is 1. The molecule has 1 heterocycles. The predicted molar refractivity (Wildman–Crippen MR) is 123 cm³/mol. The second-order valence-electron chi connectivity index (χ2n) is 7.46. The third-order valence-corrected chi connectivity index (χ3v) is 5.47. The maximum atomic E-state index is 13.6. The van der Waals surface area contributed by atoms with Gasteiger partial charge in [-0.25, -0.2) is 4.39 Å². The largest absolute Gasteiger partial charge is 0.507 e. The summed E-state index contributed by atoms with van der Waals surface area (Å²) >= 11 is 5.93. The first kappa shape index (κ1) is 22.2. The van der Waals surface area contributed by atoms with Gasteiger partial charge in [-0.05, 0) is 66.2 Å². The Balaban J connectivity index is 1.87. The van der Waals surface area contributed by atoms with E-state index in [1.165, 1.54) is 48.2 Å². The third kappa shape index (κ3) is 4.36. The molecular weight excluding hydrogens is 447 g/mol. The first-order chi connectivity index (χ1) is 15.8. The van der Waals surface area contributed by atoms with E-state index < -0.39 is 23.5 Å². The van der Waals surface area contributed by atoms with E-state index in [0.717, 1.165) is 0 Å². The third-order valence-electron chi connectivity index (χ3n) is 5.21. The number of amides is 2. The zero-order valence-electron chi connectivity index (χ0n) is 17.4. The van der Waals surface area contributed by atoms with Crippen molar-refractivity contribution in [2.24, 2.45) is 0 Å². The van der Waals surface area contributed by atoms with Crippen molar-refractivity contribution in [3.8, 4) is 0 Å². The summed E-state index contributed by atoms with van der Waals surface area (Å²) in [6.45, 7) is 1.37. The van der Waals surface area contributed by atoms with Gasteiger partial charge in [-0.3, -0.25) is 19.3 Å². The minimum absolute atomic E-state index is 0.125. The molecule has 0 saturated carbocycles. The maximum Gasteiger partial charge on any atom is 0.300 e. The summed E-state index contributed by atoms with van der Waals surface area (Å²) in [5.74, 6) is -2.81. The number of Topliss-reactive ketones (excluding diaryl/α,β-unsaturated/α-hetero) is 1. The van der Waals surface area contributed by atoms with Crippen molar-refractivity contribution in [2.75, 3.05) is 10.2 Å². The molecule has 0 spiro atoms. The molecule has 0 aromatic heterocycles. The summed E-state index contributed by atoms with van der Waals surface area (Å²) < 4.78 is 13.6. The second kappa shape index (κ2) is 8.88. The number of carbonyl (C=O) groups is 3. The number of aliphatic hydroxyl groups is 1. The molecule has 1 atom stereocenters. The van der Waals surface area contributed by atoms with Crippen molar-refractivity contribution in [1.29, 1.82) is 0 Å². The fourth-order valence-electron chi connectivity index (χ4n) is 3.73. The molecule has 0 radical (unpaired) electrons. The molecule has 1 aliphatic rings. The Morgan fingerprint density at radius 3 is 2.15 bits per heavy atom.